The molecule has 0 aromatic heterocycles. The van der Waals surface area contributed by atoms with Crippen molar-refractivity contribution in [2.24, 2.45) is 0 Å². The highest BCUT2D eigenvalue weighted by Gasteiger charge is 2.31. The fourth-order valence-electron chi connectivity index (χ4n) is 4.31. The lowest BCUT2D eigenvalue weighted by Gasteiger charge is -2.31. The van der Waals surface area contributed by atoms with Gasteiger partial charge in [-0.3, -0.25) is 9.59 Å². The number of carbonyl (C=O) groups is 2. The van der Waals surface area contributed by atoms with Crippen molar-refractivity contribution in [1.82, 2.24) is 10.2 Å². The third-order valence-electron chi connectivity index (χ3n) is 6.36. The second-order valence-electron chi connectivity index (χ2n) is 9.16. The van der Waals surface area contributed by atoms with Crippen LogP contribution in [-0.2, 0) is 16.1 Å². The monoisotopic (exact) mass is 548 g/mol. The van der Waals surface area contributed by atoms with Crippen LogP contribution in [0.15, 0.2) is 46.9 Å². The van der Waals surface area contributed by atoms with Gasteiger partial charge in [0.05, 0.1) is 4.47 Å². The van der Waals surface area contributed by atoms with Gasteiger partial charge in [0.25, 0.3) is 5.91 Å². The Morgan fingerprint density at radius 2 is 1.88 bits per heavy atom. The van der Waals surface area contributed by atoms with E-state index in [4.69, 9.17) is 16.3 Å². The Hall–Kier alpha value is -2.05. The molecule has 0 radical (unpaired) electrons. The molecule has 5 nitrogen and oxygen atoms in total. The van der Waals surface area contributed by atoms with Crippen LogP contribution >= 0.6 is 27.5 Å². The summed E-state index contributed by atoms with van der Waals surface area (Å²) < 4.78 is 6.69. The summed E-state index contributed by atoms with van der Waals surface area (Å²) in [6.45, 7) is 6.25. The Balaban J connectivity index is 1.78. The second kappa shape index (κ2) is 12.6. The number of benzene rings is 2. The van der Waals surface area contributed by atoms with Gasteiger partial charge in [-0.2, -0.15) is 0 Å². The van der Waals surface area contributed by atoms with Crippen LogP contribution in [0.3, 0.4) is 0 Å². The van der Waals surface area contributed by atoms with Crippen molar-refractivity contribution >= 4 is 39.3 Å². The highest BCUT2D eigenvalue weighted by Crippen LogP contribution is 2.29. The summed E-state index contributed by atoms with van der Waals surface area (Å²) in [6, 6.07) is 12.9. The molecular weight excluding hydrogens is 516 g/mol. The van der Waals surface area contributed by atoms with Crippen molar-refractivity contribution in [3.8, 4) is 5.75 Å². The normalized spacial score (nSPS) is 14.8. The van der Waals surface area contributed by atoms with Gasteiger partial charge < -0.3 is 15.0 Å². The third kappa shape index (κ3) is 6.98. The Morgan fingerprint density at radius 3 is 2.50 bits per heavy atom. The summed E-state index contributed by atoms with van der Waals surface area (Å²) in [7, 11) is 0. The van der Waals surface area contributed by atoms with Crippen LogP contribution in [0.1, 0.15) is 69.9 Å². The molecule has 0 saturated heterocycles. The predicted molar refractivity (Wildman–Crippen MR) is 140 cm³/mol. The lowest BCUT2D eigenvalue weighted by molar-refractivity contribution is -0.143. The van der Waals surface area contributed by atoms with Crippen molar-refractivity contribution in [1.29, 1.82) is 0 Å². The molecule has 184 valence electrons. The first kappa shape index (κ1) is 26.6. The molecule has 2 aromatic rings. The molecule has 0 bridgehead atoms. The topological polar surface area (TPSA) is 58.6 Å². The fourth-order valence-corrected chi connectivity index (χ4v) is 5.02. The van der Waals surface area contributed by atoms with E-state index in [0.717, 1.165) is 35.7 Å². The zero-order valence-electron chi connectivity index (χ0n) is 20.2. The molecular formula is C27H34BrClN2O3. The van der Waals surface area contributed by atoms with Crippen molar-refractivity contribution < 1.29 is 14.3 Å². The SMILES string of the molecule is CC[C@@H](C(=O)NC1CCCC1)N(Cc1ccccc1Cl)C(=O)COc1ccc(C(C)C)cc1Br. The Morgan fingerprint density at radius 1 is 1.18 bits per heavy atom. The quantitative estimate of drug-likeness (QED) is 0.369. The maximum absolute atomic E-state index is 13.4. The van der Waals surface area contributed by atoms with Crippen LogP contribution in [0.2, 0.25) is 5.02 Å². The van der Waals surface area contributed by atoms with Crippen LogP contribution in [-0.4, -0.2) is 35.4 Å². The minimum Gasteiger partial charge on any atom is -0.483 e. The lowest BCUT2D eigenvalue weighted by Crippen LogP contribution is -2.52. The van der Waals surface area contributed by atoms with Gasteiger partial charge in [0.2, 0.25) is 5.91 Å². The first-order valence-electron chi connectivity index (χ1n) is 12.1. The molecule has 2 amide bonds. The molecule has 3 rings (SSSR count). The number of halogens is 2. The number of nitrogens with one attached hydrogen (secondary N) is 1. The van der Waals surface area contributed by atoms with Crippen LogP contribution in [0.4, 0.5) is 0 Å². The second-order valence-corrected chi connectivity index (χ2v) is 10.4. The molecule has 1 atom stereocenters. The lowest BCUT2D eigenvalue weighted by atomic mass is 10.0. The van der Waals surface area contributed by atoms with Crippen molar-refractivity contribution in [3.05, 3.63) is 63.1 Å². The van der Waals surface area contributed by atoms with E-state index >= 15 is 0 Å². The van der Waals surface area contributed by atoms with Gasteiger partial charge in [-0.25, -0.2) is 0 Å². The molecule has 2 aromatic carbocycles. The van der Waals surface area contributed by atoms with Gasteiger partial charge in [-0.1, -0.05) is 69.5 Å². The molecule has 1 N–H and O–H groups in total. The van der Waals surface area contributed by atoms with Crippen molar-refractivity contribution in [3.63, 3.8) is 0 Å². The first-order valence-corrected chi connectivity index (χ1v) is 13.2. The minimum absolute atomic E-state index is 0.114. The van der Waals surface area contributed by atoms with E-state index in [9.17, 15) is 9.59 Å². The average Bonchev–Trinajstić information content (AvgIpc) is 3.32. The van der Waals surface area contributed by atoms with Gasteiger partial charge in [-0.05, 0) is 70.4 Å². The van der Waals surface area contributed by atoms with Gasteiger partial charge >= 0.3 is 0 Å². The van der Waals surface area contributed by atoms with Crippen LogP contribution in [0, 0.1) is 0 Å². The van der Waals surface area contributed by atoms with Gasteiger partial charge in [0, 0.05) is 17.6 Å². The predicted octanol–water partition coefficient (Wildman–Crippen LogP) is 6.47. The number of carbonyl (C=O) groups excluding carboxylic acids is 2. The molecule has 0 aliphatic heterocycles. The first-order chi connectivity index (χ1) is 16.3. The largest absolute Gasteiger partial charge is 0.483 e. The standard InChI is InChI=1S/C27H34BrClN2O3/c1-4-24(27(33)30-21-10-6-7-11-21)31(16-20-9-5-8-12-23(20)29)26(32)17-34-25-14-13-19(18(2)3)15-22(25)28/h5,8-9,12-15,18,21,24H,4,6-7,10-11,16-17H2,1-3H3,(H,30,33)/t24-/m0/s1. The number of rotatable bonds is 10. The minimum atomic E-state index is -0.597. The summed E-state index contributed by atoms with van der Waals surface area (Å²) in [4.78, 5) is 28.2. The molecule has 34 heavy (non-hydrogen) atoms. The van der Waals surface area contributed by atoms with Crippen LogP contribution in [0.25, 0.3) is 0 Å². The molecule has 0 spiro atoms. The van der Waals surface area contributed by atoms with E-state index < -0.39 is 6.04 Å². The molecule has 1 saturated carbocycles. The van der Waals surface area contributed by atoms with Crippen molar-refractivity contribution in [2.75, 3.05) is 6.61 Å². The zero-order chi connectivity index (χ0) is 24.7. The van der Waals surface area contributed by atoms with Gasteiger partial charge in [0.15, 0.2) is 6.61 Å². The summed E-state index contributed by atoms with van der Waals surface area (Å²) in [5.41, 5.74) is 1.98. The summed E-state index contributed by atoms with van der Waals surface area (Å²) in [5, 5.41) is 3.72. The summed E-state index contributed by atoms with van der Waals surface area (Å²) >= 11 is 9.95. The Kier molecular flexibility index (Phi) is 9.84. The van der Waals surface area contributed by atoms with E-state index in [1.807, 2.05) is 43.3 Å². The number of nitrogens with zero attached hydrogens (tertiary/aromatic N) is 1. The molecule has 1 aliphatic rings. The maximum Gasteiger partial charge on any atom is 0.261 e. The highest BCUT2D eigenvalue weighted by molar-refractivity contribution is 9.10. The molecule has 7 heteroatoms. The number of hydrogen-bond acceptors (Lipinski definition) is 3. The Labute approximate surface area is 216 Å². The average molecular weight is 550 g/mol. The van der Waals surface area contributed by atoms with Crippen LogP contribution in [0.5, 0.6) is 5.75 Å². The number of amides is 2. The fraction of sp³-hybridized carbons (Fsp3) is 0.481. The van der Waals surface area contributed by atoms with Crippen LogP contribution < -0.4 is 10.1 Å². The molecule has 1 fully saturated rings. The maximum atomic E-state index is 13.4. The van der Waals surface area contributed by atoms with E-state index in [1.54, 1.807) is 11.0 Å². The van der Waals surface area contributed by atoms with Gasteiger partial charge in [0.1, 0.15) is 11.8 Å². The van der Waals surface area contributed by atoms with Gasteiger partial charge in [-0.15, -0.1) is 0 Å². The summed E-state index contributed by atoms with van der Waals surface area (Å²) in [6.07, 6.45) is 4.74. The number of hydrogen-bond donors (Lipinski definition) is 1. The third-order valence-corrected chi connectivity index (χ3v) is 7.35. The van der Waals surface area contributed by atoms with E-state index in [0.29, 0.717) is 23.1 Å². The van der Waals surface area contributed by atoms with E-state index in [2.05, 4.69) is 35.1 Å². The smallest absolute Gasteiger partial charge is 0.261 e. The Bertz CT molecular complexity index is 992. The molecule has 0 unspecified atom stereocenters. The van der Waals surface area contributed by atoms with E-state index in [1.165, 1.54) is 5.56 Å². The van der Waals surface area contributed by atoms with E-state index in [-0.39, 0.29) is 31.0 Å². The summed E-state index contributed by atoms with van der Waals surface area (Å²) in [5.74, 6) is 0.617. The zero-order valence-corrected chi connectivity index (χ0v) is 22.5. The molecule has 0 heterocycles. The van der Waals surface area contributed by atoms with Crippen molar-refractivity contribution in [2.45, 2.75) is 77.4 Å². The molecule has 1 aliphatic carbocycles. The number of ether oxygens (including phenoxy) is 1. The highest BCUT2D eigenvalue weighted by atomic mass is 79.9.